The molecule has 1 heterocycles. The summed E-state index contributed by atoms with van der Waals surface area (Å²) in [6.45, 7) is 1.80. The minimum Gasteiger partial charge on any atom is -0.350 e. The molecule has 0 aliphatic carbocycles. The molecular formula is C18H16ClFN2O3S2. The lowest BCUT2D eigenvalue weighted by atomic mass is 10.1. The molecule has 0 unspecified atom stereocenters. The number of sulfonamides is 1. The Morgan fingerprint density at radius 1 is 1.19 bits per heavy atom. The number of carbonyl (C=O) groups excluding carboxylic acids is 1. The number of aryl methyl sites for hydroxylation is 1. The molecule has 5 nitrogen and oxygen atoms in total. The maximum Gasteiger partial charge on any atom is 0.261 e. The molecule has 0 aliphatic rings. The van der Waals surface area contributed by atoms with Gasteiger partial charge in [0.05, 0.1) is 9.77 Å². The SMILES string of the molecule is Cc1c(C(=O)NCCNS(=O)(=O)c2cccc(Cl)c2)sc2cccc(F)c12. The minimum absolute atomic E-state index is 0.0128. The quantitative estimate of drug-likeness (QED) is 0.590. The third-order valence-corrected chi connectivity index (χ3v) is 6.87. The molecule has 0 spiro atoms. The molecule has 27 heavy (non-hydrogen) atoms. The zero-order valence-corrected chi connectivity index (χ0v) is 16.6. The van der Waals surface area contributed by atoms with Gasteiger partial charge in [0, 0.05) is 28.2 Å². The van der Waals surface area contributed by atoms with E-state index in [0.717, 1.165) is 0 Å². The summed E-state index contributed by atoms with van der Waals surface area (Å²) in [6.07, 6.45) is 0. The smallest absolute Gasteiger partial charge is 0.261 e. The Balaban J connectivity index is 1.62. The van der Waals surface area contributed by atoms with Crippen molar-refractivity contribution in [2.75, 3.05) is 13.1 Å². The highest BCUT2D eigenvalue weighted by molar-refractivity contribution is 7.89. The number of amides is 1. The van der Waals surface area contributed by atoms with Gasteiger partial charge in [0.2, 0.25) is 10.0 Å². The second-order valence-corrected chi connectivity index (χ2v) is 9.04. The summed E-state index contributed by atoms with van der Waals surface area (Å²) in [7, 11) is -3.71. The molecular weight excluding hydrogens is 411 g/mol. The van der Waals surface area contributed by atoms with Crippen molar-refractivity contribution in [3.8, 4) is 0 Å². The fourth-order valence-electron chi connectivity index (χ4n) is 2.63. The van der Waals surface area contributed by atoms with E-state index in [4.69, 9.17) is 11.6 Å². The van der Waals surface area contributed by atoms with Crippen LogP contribution in [0.25, 0.3) is 10.1 Å². The Bertz CT molecular complexity index is 1110. The first-order valence-electron chi connectivity index (χ1n) is 8.00. The van der Waals surface area contributed by atoms with Crippen molar-refractivity contribution >= 4 is 49.0 Å². The molecule has 142 valence electrons. The fourth-order valence-corrected chi connectivity index (χ4v) is 5.10. The summed E-state index contributed by atoms with van der Waals surface area (Å²) < 4.78 is 41.4. The molecule has 1 aromatic heterocycles. The lowest BCUT2D eigenvalue weighted by Gasteiger charge is -2.08. The van der Waals surface area contributed by atoms with Gasteiger partial charge in [-0.3, -0.25) is 4.79 Å². The Hall–Kier alpha value is -2.00. The predicted molar refractivity (Wildman–Crippen MR) is 105 cm³/mol. The number of halogens is 2. The van der Waals surface area contributed by atoms with E-state index in [2.05, 4.69) is 10.0 Å². The van der Waals surface area contributed by atoms with Gasteiger partial charge >= 0.3 is 0 Å². The monoisotopic (exact) mass is 426 g/mol. The Labute approximate surface area is 165 Å². The van der Waals surface area contributed by atoms with Gasteiger partial charge in [-0.05, 0) is 42.8 Å². The standard InChI is InChI=1S/C18H16ClFN2O3S2/c1-11-16-14(20)6-3-7-15(16)26-17(11)18(23)21-8-9-22-27(24,25)13-5-2-4-12(19)10-13/h2-7,10,22H,8-9H2,1H3,(H,21,23). The third kappa shape index (κ3) is 4.30. The van der Waals surface area contributed by atoms with Crippen LogP contribution in [0.1, 0.15) is 15.2 Å². The first-order chi connectivity index (χ1) is 12.8. The van der Waals surface area contributed by atoms with Crippen molar-refractivity contribution in [1.82, 2.24) is 10.0 Å². The van der Waals surface area contributed by atoms with Gasteiger partial charge in [-0.15, -0.1) is 11.3 Å². The van der Waals surface area contributed by atoms with Crippen molar-refractivity contribution in [2.24, 2.45) is 0 Å². The molecule has 0 saturated carbocycles. The summed E-state index contributed by atoms with van der Waals surface area (Å²) >= 11 is 7.01. The van der Waals surface area contributed by atoms with E-state index in [9.17, 15) is 17.6 Å². The topological polar surface area (TPSA) is 75.3 Å². The molecule has 3 aromatic rings. The van der Waals surface area contributed by atoms with E-state index < -0.39 is 10.0 Å². The highest BCUT2D eigenvalue weighted by atomic mass is 35.5. The van der Waals surface area contributed by atoms with Crippen LogP contribution in [0.2, 0.25) is 5.02 Å². The molecule has 0 fully saturated rings. The van der Waals surface area contributed by atoms with E-state index >= 15 is 0 Å². The summed E-state index contributed by atoms with van der Waals surface area (Å²) in [4.78, 5) is 12.8. The number of rotatable bonds is 6. The van der Waals surface area contributed by atoms with Crippen LogP contribution in [0.5, 0.6) is 0 Å². The highest BCUT2D eigenvalue weighted by Crippen LogP contribution is 2.32. The number of hydrogen-bond donors (Lipinski definition) is 2. The number of thiophene rings is 1. The summed E-state index contributed by atoms with van der Waals surface area (Å²) in [5.41, 5.74) is 0.574. The molecule has 0 aliphatic heterocycles. The first kappa shape index (κ1) is 19.8. The van der Waals surface area contributed by atoms with Crippen LogP contribution in [0.15, 0.2) is 47.4 Å². The van der Waals surface area contributed by atoms with E-state index in [-0.39, 0.29) is 29.7 Å². The van der Waals surface area contributed by atoms with Crippen LogP contribution < -0.4 is 10.0 Å². The fraction of sp³-hybridized carbons (Fsp3) is 0.167. The average Bonchev–Trinajstić information content (AvgIpc) is 2.97. The number of carbonyl (C=O) groups is 1. The van der Waals surface area contributed by atoms with E-state index in [0.29, 0.717) is 25.5 Å². The first-order valence-corrected chi connectivity index (χ1v) is 10.7. The lowest BCUT2D eigenvalue weighted by molar-refractivity contribution is 0.0958. The lowest BCUT2D eigenvalue weighted by Crippen LogP contribution is -2.34. The van der Waals surface area contributed by atoms with Gasteiger partial charge in [0.15, 0.2) is 0 Å². The summed E-state index contributed by atoms with van der Waals surface area (Å²) in [5, 5.41) is 3.41. The second kappa shape index (κ2) is 7.93. The molecule has 0 bridgehead atoms. The van der Waals surface area contributed by atoms with Crippen LogP contribution in [0, 0.1) is 12.7 Å². The third-order valence-electron chi connectivity index (χ3n) is 3.92. The second-order valence-electron chi connectivity index (χ2n) is 5.78. The molecule has 2 N–H and O–H groups in total. The molecule has 0 saturated heterocycles. The highest BCUT2D eigenvalue weighted by Gasteiger charge is 2.18. The van der Waals surface area contributed by atoms with Crippen molar-refractivity contribution in [3.63, 3.8) is 0 Å². The maximum absolute atomic E-state index is 13.9. The Morgan fingerprint density at radius 3 is 2.63 bits per heavy atom. The zero-order chi connectivity index (χ0) is 19.6. The van der Waals surface area contributed by atoms with Crippen LogP contribution >= 0.6 is 22.9 Å². The van der Waals surface area contributed by atoms with Gasteiger partial charge < -0.3 is 5.32 Å². The minimum atomic E-state index is -3.71. The van der Waals surface area contributed by atoms with E-state index in [1.165, 1.54) is 29.5 Å². The van der Waals surface area contributed by atoms with Crippen LogP contribution in [-0.4, -0.2) is 27.4 Å². The maximum atomic E-state index is 13.9. The molecule has 1 amide bonds. The summed E-state index contributed by atoms with van der Waals surface area (Å²) in [6, 6.07) is 10.6. The van der Waals surface area contributed by atoms with E-state index in [1.807, 2.05) is 0 Å². The molecule has 3 rings (SSSR count). The number of fused-ring (bicyclic) bond motifs is 1. The molecule has 0 atom stereocenters. The van der Waals surface area contributed by atoms with Gasteiger partial charge in [-0.1, -0.05) is 23.7 Å². The van der Waals surface area contributed by atoms with Gasteiger partial charge in [0.25, 0.3) is 5.91 Å². The van der Waals surface area contributed by atoms with E-state index in [1.54, 1.807) is 31.2 Å². The van der Waals surface area contributed by atoms with Gasteiger partial charge in [0.1, 0.15) is 5.82 Å². The molecule has 9 heteroatoms. The number of benzene rings is 2. The van der Waals surface area contributed by atoms with Crippen LogP contribution in [0.3, 0.4) is 0 Å². The Morgan fingerprint density at radius 2 is 1.93 bits per heavy atom. The van der Waals surface area contributed by atoms with Gasteiger partial charge in [-0.2, -0.15) is 0 Å². The van der Waals surface area contributed by atoms with Crippen LogP contribution in [-0.2, 0) is 10.0 Å². The predicted octanol–water partition coefficient (Wildman–Crippen LogP) is 3.71. The largest absolute Gasteiger partial charge is 0.350 e. The molecule has 0 radical (unpaired) electrons. The Kier molecular flexibility index (Phi) is 5.81. The number of hydrogen-bond acceptors (Lipinski definition) is 4. The summed E-state index contributed by atoms with van der Waals surface area (Å²) in [5.74, 6) is -0.732. The van der Waals surface area contributed by atoms with Crippen molar-refractivity contribution < 1.29 is 17.6 Å². The van der Waals surface area contributed by atoms with Crippen molar-refractivity contribution in [3.05, 3.63) is 63.7 Å². The van der Waals surface area contributed by atoms with Crippen molar-refractivity contribution in [2.45, 2.75) is 11.8 Å². The van der Waals surface area contributed by atoms with Gasteiger partial charge in [-0.25, -0.2) is 17.5 Å². The van der Waals surface area contributed by atoms with Crippen molar-refractivity contribution in [1.29, 1.82) is 0 Å². The molecule has 2 aromatic carbocycles. The van der Waals surface area contributed by atoms with Crippen LogP contribution in [0.4, 0.5) is 4.39 Å². The zero-order valence-electron chi connectivity index (χ0n) is 14.3. The average molecular weight is 427 g/mol. The normalized spacial score (nSPS) is 11.7. The number of nitrogens with one attached hydrogen (secondary N) is 2.